The summed E-state index contributed by atoms with van der Waals surface area (Å²) >= 11 is 0. The second-order valence-corrected chi connectivity index (χ2v) is 22.6. The third-order valence-corrected chi connectivity index (χ3v) is 18.3. The Hall–Kier alpha value is -5.95. The molecule has 18 heteroatoms. The number of fused-ring (bicyclic) bond motifs is 5. The number of benzene rings is 3. The third-order valence-electron chi connectivity index (χ3n) is 17.0. The molecule has 6 aliphatic heterocycles. The molecule has 3 atom stereocenters. The number of carbonyl (C=O) groups is 1. The number of nitro benzene ring substituents is 1. The number of piperidine rings is 2. The number of ether oxygens (including phenoxy) is 4. The molecule has 374 valence electrons. The Labute approximate surface area is 413 Å². The number of nitrogens with zero attached hydrogens (tertiary/aromatic N) is 5. The molecule has 3 N–H and O–H groups in total. The van der Waals surface area contributed by atoms with Gasteiger partial charge in [0.05, 0.1) is 39.8 Å². The van der Waals surface area contributed by atoms with E-state index in [9.17, 15) is 23.3 Å². The second-order valence-electron chi connectivity index (χ2n) is 21.0. The Morgan fingerprint density at radius 2 is 1.72 bits per heavy atom. The highest BCUT2D eigenvalue weighted by Crippen LogP contribution is 2.57. The Morgan fingerprint density at radius 1 is 0.887 bits per heavy atom. The van der Waals surface area contributed by atoms with Crippen LogP contribution in [0.4, 0.5) is 28.4 Å². The van der Waals surface area contributed by atoms with Gasteiger partial charge in [-0.05, 0) is 131 Å². The molecule has 71 heavy (non-hydrogen) atoms. The van der Waals surface area contributed by atoms with Gasteiger partial charge in [-0.25, -0.2) is 13.1 Å². The van der Waals surface area contributed by atoms with E-state index in [0.717, 1.165) is 87.7 Å². The number of pyridine rings is 1. The van der Waals surface area contributed by atoms with Gasteiger partial charge in [0.25, 0.3) is 21.6 Å². The third kappa shape index (κ3) is 8.63. The first kappa shape index (κ1) is 46.1. The SMILES string of the molecule is O=C(NS(=O)(=O)c1ccc(NCC2CCOCC2)c([N+](=O)[O-])c1)c1ccc(N2CCC3(CC2)CC(N2CCCC[C@]24CCOc2ccccc24)C3)cc1N1C[C@@H]2CCOC[C@@H]2Oc2nc3[nH]ccc3cc21. The van der Waals surface area contributed by atoms with Crippen LogP contribution in [0.25, 0.3) is 11.0 Å². The van der Waals surface area contributed by atoms with Crippen LogP contribution in [0.15, 0.2) is 83.9 Å². The van der Waals surface area contributed by atoms with Gasteiger partial charge in [-0.15, -0.1) is 0 Å². The molecule has 12 rings (SSSR count). The van der Waals surface area contributed by atoms with Gasteiger partial charge >= 0.3 is 0 Å². The van der Waals surface area contributed by atoms with Gasteiger partial charge in [-0.2, -0.15) is 4.98 Å². The van der Waals surface area contributed by atoms with Gasteiger partial charge < -0.3 is 39.0 Å². The van der Waals surface area contributed by atoms with Gasteiger partial charge in [-0.3, -0.25) is 19.8 Å². The monoisotopic (exact) mass is 986 g/mol. The highest BCUT2D eigenvalue weighted by atomic mass is 32.2. The molecular weight excluding hydrogens is 925 g/mol. The van der Waals surface area contributed by atoms with Crippen molar-refractivity contribution in [3.63, 3.8) is 0 Å². The number of hydrogen-bond acceptors (Lipinski definition) is 14. The van der Waals surface area contributed by atoms with Crippen LogP contribution in [-0.2, 0) is 25.0 Å². The zero-order valence-corrected chi connectivity index (χ0v) is 40.8. The number of sulfonamides is 1. The molecule has 8 heterocycles. The van der Waals surface area contributed by atoms with Crippen LogP contribution in [0.2, 0.25) is 0 Å². The number of para-hydroxylation sites is 1. The van der Waals surface area contributed by atoms with Crippen LogP contribution < -0.4 is 29.3 Å². The lowest BCUT2D eigenvalue weighted by Gasteiger charge is -2.61. The molecule has 1 saturated carbocycles. The summed E-state index contributed by atoms with van der Waals surface area (Å²) in [4.78, 5) is 41.5. The van der Waals surface area contributed by atoms with Crippen LogP contribution in [0.1, 0.15) is 86.6 Å². The predicted octanol–water partition coefficient (Wildman–Crippen LogP) is 8.28. The van der Waals surface area contributed by atoms with Gasteiger partial charge in [-0.1, -0.05) is 18.2 Å². The van der Waals surface area contributed by atoms with Crippen LogP contribution in [0.3, 0.4) is 0 Å². The van der Waals surface area contributed by atoms with Crippen LogP contribution in [-0.4, -0.2) is 112 Å². The number of H-pyrrole nitrogens is 1. The van der Waals surface area contributed by atoms with Crippen molar-refractivity contribution in [2.24, 2.45) is 17.3 Å². The van der Waals surface area contributed by atoms with Crippen molar-refractivity contribution in [3.8, 4) is 11.6 Å². The standard InChI is InChI=1S/C53H62N8O9S/c62-50(57-71(65,66)40-8-10-43(45(29-40)61(63)64)55-32-35-12-23-67-24-13-35)41-9-7-38(28-44(41)59-33-37-14-25-68-34-48(37)70-51-46(59)27-36-11-19-54-49(36)56-51)58-21-16-52(17-22-58)30-39(31-52)60-20-4-3-15-53(60)18-26-69-47-6-2-1-5-42(47)53/h1-2,5-11,19,27-29,35,37,39,48,55H,3-4,12-18,20-26,30-34H2,(H,54,56)(H,57,62)/t37-,48-,53+/m0/s1. The average Bonchev–Trinajstić information content (AvgIpc) is 3.78. The molecule has 2 spiro atoms. The molecule has 1 aliphatic carbocycles. The first-order chi connectivity index (χ1) is 34.5. The summed E-state index contributed by atoms with van der Waals surface area (Å²) in [5.41, 5.74) is 4.37. The molecule has 0 bridgehead atoms. The number of nitro groups is 1. The van der Waals surface area contributed by atoms with E-state index in [2.05, 4.69) is 54.0 Å². The van der Waals surface area contributed by atoms with Crippen molar-refractivity contribution in [1.82, 2.24) is 19.6 Å². The van der Waals surface area contributed by atoms with Gasteiger partial charge in [0.15, 0.2) is 0 Å². The van der Waals surface area contributed by atoms with E-state index in [-0.39, 0.29) is 40.1 Å². The number of likely N-dealkylation sites (tertiary alicyclic amines) is 1. The number of hydrogen-bond donors (Lipinski definition) is 3. The van der Waals surface area contributed by atoms with Crippen molar-refractivity contribution in [1.29, 1.82) is 0 Å². The molecule has 5 aromatic rings. The Morgan fingerprint density at radius 3 is 2.56 bits per heavy atom. The first-order valence-corrected chi connectivity index (χ1v) is 27.1. The number of rotatable bonds is 10. The summed E-state index contributed by atoms with van der Waals surface area (Å²) in [6.45, 7) is 6.72. The number of anilines is 4. The number of aromatic amines is 1. The zero-order chi connectivity index (χ0) is 48.3. The lowest BCUT2D eigenvalue weighted by molar-refractivity contribution is -0.384. The first-order valence-electron chi connectivity index (χ1n) is 25.6. The highest BCUT2D eigenvalue weighted by molar-refractivity contribution is 7.90. The van der Waals surface area contributed by atoms with E-state index in [1.807, 2.05) is 30.5 Å². The number of amides is 1. The highest BCUT2D eigenvalue weighted by Gasteiger charge is 2.54. The summed E-state index contributed by atoms with van der Waals surface area (Å²) in [5.74, 6) is 0.852. The van der Waals surface area contributed by atoms with E-state index in [1.54, 1.807) is 6.07 Å². The van der Waals surface area contributed by atoms with Crippen LogP contribution in [0, 0.1) is 27.4 Å². The molecule has 5 fully saturated rings. The van der Waals surface area contributed by atoms with Crippen molar-refractivity contribution in [2.75, 3.05) is 80.9 Å². The van der Waals surface area contributed by atoms with Crippen LogP contribution >= 0.6 is 0 Å². The summed E-state index contributed by atoms with van der Waals surface area (Å²) in [6, 6.07) is 22.5. The fourth-order valence-electron chi connectivity index (χ4n) is 13.0. The number of aromatic nitrogens is 2. The minimum Gasteiger partial charge on any atom is -0.493 e. The van der Waals surface area contributed by atoms with Gasteiger partial charge in [0.1, 0.15) is 28.9 Å². The fourth-order valence-corrected chi connectivity index (χ4v) is 14.0. The fraction of sp³-hybridized carbons (Fsp3) is 0.509. The summed E-state index contributed by atoms with van der Waals surface area (Å²) < 4.78 is 54.8. The van der Waals surface area contributed by atoms with Crippen molar-refractivity contribution in [3.05, 3.63) is 100 Å². The minimum absolute atomic E-state index is 0.00813. The maximum Gasteiger partial charge on any atom is 0.293 e. The second kappa shape index (κ2) is 18.6. The molecule has 0 radical (unpaired) electrons. The van der Waals surface area contributed by atoms with Gasteiger partial charge in [0, 0.05) is 93.3 Å². The largest absolute Gasteiger partial charge is 0.493 e. The Bertz CT molecular complexity index is 2950. The molecule has 7 aliphatic rings. The van der Waals surface area contributed by atoms with Crippen molar-refractivity contribution >= 4 is 55.4 Å². The summed E-state index contributed by atoms with van der Waals surface area (Å²) in [6.07, 6.45) is 13.0. The predicted molar refractivity (Wildman–Crippen MR) is 268 cm³/mol. The quantitative estimate of drug-likeness (QED) is 0.0894. The lowest BCUT2D eigenvalue weighted by atomic mass is 9.58. The minimum atomic E-state index is -4.59. The number of carbonyl (C=O) groups excluding carboxylic acids is 1. The Balaban J connectivity index is 0.832. The maximum absolute atomic E-state index is 14.7. The lowest BCUT2D eigenvalue weighted by Crippen LogP contribution is -2.62. The van der Waals surface area contributed by atoms with E-state index in [1.165, 1.54) is 49.8 Å². The van der Waals surface area contributed by atoms with Crippen molar-refractivity contribution < 1.29 is 37.1 Å². The van der Waals surface area contributed by atoms with E-state index >= 15 is 0 Å². The molecule has 17 nitrogen and oxygen atoms in total. The van der Waals surface area contributed by atoms with E-state index in [4.69, 9.17) is 23.9 Å². The summed E-state index contributed by atoms with van der Waals surface area (Å²) in [5, 5.41) is 16.3. The van der Waals surface area contributed by atoms with Crippen LogP contribution in [0.5, 0.6) is 11.6 Å². The van der Waals surface area contributed by atoms with Crippen molar-refractivity contribution in [2.45, 2.75) is 93.2 Å². The molecule has 1 amide bonds. The summed E-state index contributed by atoms with van der Waals surface area (Å²) in [7, 11) is -4.59. The van der Waals surface area contributed by atoms with E-state index < -0.39 is 31.4 Å². The average molecular weight is 987 g/mol. The number of nitrogens with one attached hydrogen (secondary N) is 3. The zero-order valence-electron chi connectivity index (χ0n) is 40.0. The maximum atomic E-state index is 14.7. The molecule has 3 aromatic carbocycles. The normalized spacial score (nSPS) is 24.7. The van der Waals surface area contributed by atoms with E-state index in [0.29, 0.717) is 68.5 Å². The molecule has 4 saturated heterocycles. The molecule has 2 aromatic heterocycles. The van der Waals surface area contributed by atoms with Gasteiger partial charge in [0.2, 0.25) is 5.88 Å². The topological polar surface area (TPSA) is 194 Å². The smallest absolute Gasteiger partial charge is 0.293 e. The Kier molecular flexibility index (Phi) is 12.1. The molecular formula is C53H62N8O9S. The molecule has 0 unspecified atom stereocenters.